The highest BCUT2D eigenvalue weighted by Gasteiger charge is 2.16. The fourth-order valence-corrected chi connectivity index (χ4v) is 6.31. The first-order valence-corrected chi connectivity index (χ1v) is 13.6. The lowest BCUT2D eigenvalue weighted by Gasteiger charge is -2.09. The Bertz CT molecular complexity index is 2550. The van der Waals surface area contributed by atoms with Crippen molar-refractivity contribution in [3.05, 3.63) is 127 Å². The first kappa shape index (κ1) is 22.1. The summed E-state index contributed by atoms with van der Waals surface area (Å²) in [7, 11) is 0. The van der Waals surface area contributed by atoms with E-state index < -0.39 is 0 Å². The molecule has 0 aliphatic carbocycles. The van der Waals surface area contributed by atoms with E-state index in [-0.39, 0.29) is 0 Å². The molecule has 0 radical (unpaired) electrons. The number of benzene rings is 6. The molecule has 0 saturated carbocycles. The summed E-state index contributed by atoms with van der Waals surface area (Å²) in [6.07, 6.45) is 0. The van der Waals surface area contributed by atoms with Gasteiger partial charge in [-0.2, -0.15) is 5.26 Å². The van der Waals surface area contributed by atoms with Gasteiger partial charge in [0.15, 0.2) is 0 Å². The molecular weight excluding hydrogens is 504 g/mol. The third-order valence-electron chi connectivity index (χ3n) is 8.22. The van der Waals surface area contributed by atoms with Crippen molar-refractivity contribution in [3.8, 4) is 22.9 Å². The molecule has 0 N–H and O–H groups in total. The Hall–Kier alpha value is -5.79. The van der Waals surface area contributed by atoms with E-state index in [1.54, 1.807) is 6.07 Å². The zero-order chi connectivity index (χ0) is 27.1. The van der Waals surface area contributed by atoms with E-state index >= 15 is 0 Å². The minimum absolute atomic E-state index is 0.626. The van der Waals surface area contributed by atoms with E-state index in [9.17, 15) is 5.26 Å². The quantitative estimate of drug-likeness (QED) is 0.226. The van der Waals surface area contributed by atoms with E-state index in [0.29, 0.717) is 5.56 Å². The fraction of sp³-hybridized carbons (Fsp3) is 0. The molecular formula is C37H20N2O2. The van der Waals surface area contributed by atoms with E-state index in [1.165, 1.54) is 10.8 Å². The number of hydrogen-bond donors (Lipinski definition) is 0. The van der Waals surface area contributed by atoms with Crippen LogP contribution >= 0.6 is 0 Å². The number of nitriles is 1. The van der Waals surface area contributed by atoms with E-state index in [0.717, 1.165) is 71.7 Å². The van der Waals surface area contributed by atoms with Crippen molar-refractivity contribution in [2.75, 3.05) is 0 Å². The smallest absolute Gasteiger partial charge is 0.135 e. The predicted molar refractivity (Wildman–Crippen MR) is 165 cm³/mol. The van der Waals surface area contributed by atoms with Gasteiger partial charge in [-0.15, -0.1) is 0 Å². The number of furan rings is 2. The molecule has 4 heteroatoms. The predicted octanol–water partition coefficient (Wildman–Crippen LogP) is 10.1. The van der Waals surface area contributed by atoms with Crippen molar-refractivity contribution < 1.29 is 8.83 Å². The molecule has 3 aromatic heterocycles. The average molecular weight is 525 g/mol. The number of para-hydroxylation sites is 2. The van der Waals surface area contributed by atoms with Crippen molar-refractivity contribution in [1.29, 1.82) is 5.26 Å². The molecule has 0 unspecified atom stereocenters. The molecule has 0 fully saturated rings. The van der Waals surface area contributed by atoms with Crippen LogP contribution in [0.5, 0.6) is 0 Å². The van der Waals surface area contributed by atoms with Crippen LogP contribution < -0.4 is 0 Å². The highest BCUT2D eigenvalue weighted by Crippen LogP contribution is 2.38. The topological polar surface area (TPSA) is 55.0 Å². The van der Waals surface area contributed by atoms with Gasteiger partial charge in [0.1, 0.15) is 22.3 Å². The lowest BCUT2D eigenvalue weighted by Crippen LogP contribution is -1.93. The molecule has 0 spiro atoms. The third-order valence-corrected chi connectivity index (χ3v) is 8.22. The van der Waals surface area contributed by atoms with Gasteiger partial charge in [0.2, 0.25) is 0 Å². The van der Waals surface area contributed by atoms with Gasteiger partial charge in [-0.05, 0) is 83.9 Å². The van der Waals surface area contributed by atoms with Crippen LogP contribution in [0.15, 0.2) is 130 Å². The van der Waals surface area contributed by atoms with E-state index in [2.05, 4.69) is 95.6 Å². The lowest BCUT2D eigenvalue weighted by atomic mass is 10.0. The second-order valence-corrected chi connectivity index (χ2v) is 10.5. The number of rotatable bonds is 2. The SMILES string of the molecule is N#Cc1ccc2oc3ccc(-c4ccc5c(c4)c4ccccc4n5-c4ccc5oc6ccccc6c5c4)cc3c2c1. The van der Waals surface area contributed by atoms with Crippen molar-refractivity contribution in [2.24, 2.45) is 0 Å². The zero-order valence-electron chi connectivity index (χ0n) is 21.8. The molecule has 0 aliphatic heterocycles. The Kier molecular flexibility index (Phi) is 4.37. The maximum Gasteiger partial charge on any atom is 0.135 e. The normalized spacial score (nSPS) is 11.9. The highest BCUT2D eigenvalue weighted by molar-refractivity contribution is 6.12. The summed E-state index contributed by atoms with van der Waals surface area (Å²) in [6, 6.07) is 44.0. The van der Waals surface area contributed by atoms with Crippen LogP contribution in [0.1, 0.15) is 5.56 Å². The van der Waals surface area contributed by atoms with Crippen LogP contribution in [-0.4, -0.2) is 4.57 Å². The molecule has 6 aromatic carbocycles. The summed E-state index contributed by atoms with van der Waals surface area (Å²) in [6.45, 7) is 0. The summed E-state index contributed by atoms with van der Waals surface area (Å²) in [5.41, 5.74) is 9.67. The van der Waals surface area contributed by atoms with Gasteiger partial charge in [0, 0.05) is 38.0 Å². The van der Waals surface area contributed by atoms with Crippen LogP contribution in [0, 0.1) is 11.3 Å². The van der Waals surface area contributed by atoms with Gasteiger partial charge in [-0.1, -0.05) is 48.5 Å². The summed E-state index contributed by atoms with van der Waals surface area (Å²) >= 11 is 0. The largest absolute Gasteiger partial charge is 0.456 e. The molecule has 9 rings (SSSR count). The van der Waals surface area contributed by atoms with Crippen LogP contribution in [0.4, 0.5) is 0 Å². The lowest BCUT2D eigenvalue weighted by molar-refractivity contribution is 0.668. The summed E-state index contributed by atoms with van der Waals surface area (Å²) in [4.78, 5) is 0. The number of hydrogen-bond acceptors (Lipinski definition) is 3. The first-order chi connectivity index (χ1) is 20.2. The summed E-state index contributed by atoms with van der Waals surface area (Å²) < 4.78 is 14.5. The molecule has 3 heterocycles. The first-order valence-electron chi connectivity index (χ1n) is 13.6. The monoisotopic (exact) mass is 524 g/mol. The molecule has 190 valence electrons. The van der Waals surface area contributed by atoms with Gasteiger partial charge in [0.05, 0.1) is 22.7 Å². The summed E-state index contributed by atoms with van der Waals surface area (Å²) in [5, 5.41) is 16.0. The molecule has 0 aliphatic rings. The van der Waals surface area contributed by atoms with E-state index in [1.807, 2.05) is 30.3 Å². The molecule has 0 amide bonds. The molecule has 0 bridgehead atoms. The Balaban J connectivity index is 1.26. The van der Waals surface area contributed by atoms with E-state index in [4.69, 9.17) is 8.83 Å². The second-order valence-electron chi connectivity index (χ2n) is 10.5. The Labute approximate surface area is 233 Å². The number of nitrogens with zero attached hydrogens (tertiary/aromatic N) is 2. The van der Waals surface area contributed by atoms with Gasteiger partial charge in [-0.3, -0.25) is 0 Å². The van der Waals surface area contributed by atoms with Gasteiger partial charge >= 0.3 is 0 Å². The van der Waals surface area contributed by atoms with Crippen LogP contribution in [0.3, 0.4) is 0 Å². The van der Waals surface area contributed by atoms with Crippen molar-refractivity contribution in [1.82, 2.24) is 4.57 Å². The maximum atomic E-state index is 9.41. The van der Waals surface area contributed by atoms with Crippen molar-refractivity contribution in [2.45, 2.75) is 0 Å². The number of aromatic nitrogens is 1. The average Bonchev–Trinajstić information content (AvgIpc) is 3.69. The molecule has 0 saturated heterocycles. The van der Waals surface area contributed by atoms with Gasteiger partial charge in [-0.25, -0.2) is 0 Å². The second kappa shape index (κ2) is 8.11. The maximum absolute atomic E-state index is 9.41. The Morgan fingerprint density at radius 1 is 0.463 bits per heavy atom. The van der Waals surface area contributed by atoms with Crippen LogP contribution in [-0.2, 0) is 0 Å². The van der Waals surface area contributed by atoms with Gasteiger partial charge in [0.25, 0.3) is 0 Å². The molecule has 4 nitrogen and oxygen atoms in total. The van der Waals surface area contributed by atoms with Crippen molar-refractivity contribution in [3.63, 3.8) is 0 Å². The molecule has 0 atom stereocenters. The highest BCUT2D eigenvalue weighted by atomic mass is 16.3. The Morgan fingerprint density at radius 2 is 1.05 bits per heavy atom. The number of fused-ring (bicyclic) bond motifs is 9. The van der Waals surface area contributed by atoms with Crippen LogP contribution in [0.2, 0.25) is 0 Å². The molecule has 41 heavy (non-hydrogen) atoms. The summed E-state index contributed by atoms with van der Waals surface area (Å²) in [5.74, 6) is 0. The van der Waals surface area contributed by atoms with Gasteiger partial charge < -0.3 is 13.4 Å². The molecule has 9 aromatic rings. The fourth-order valence-electron chi connectivity index (χ4n) is 6.31. The van der Waals surface area contributed by atoms with Crippen molar-refractivity contribution >= 4 is 65.7 Å². The zero-order valence-corrected chi connectivity index (χ0v) is 21.8. The van der Waals surface area contributed by atoms with Crippen LogP contribution in [0.25, 0.3) is 82.5 Å². The Morgan fingerprint density at radius 3 is 1.88 bits per heavy atom. The minimum Gasteiger partial charge on any atom is -0.456 e. The standard InChI is InChI=1S/C37H20N2O2/c38-21-22-9-14-35-29(17-22)30-19-24(11-15-36(30)41-35)23-10-13-33-28(18-23)26-5-1-3-7-32(26)39(33)25-12-16-37-31(20-25)27-6-2-4-8-34(27)40-37/h1-20H. The minimum atomic E-state index is 0.626. The third kappa shape index (κ3) is 3.15.